The van der Waals surface area contributed by atoms with Gasteiger partial charge in [0.15, 0.2) is 27.3 Å². The molecule has 0 radical (unpaired) electrons. The molecule has 9 heteroatoms. The lowest BCUT2D eigenvalue weighted by atomic mass is 10.1. The first-order valence-corrected chi connectivity index (χ1v) is 8.99. The molecule has 0 aliphatic carbocycles. The van der Waals surface area contributed by atoms with Gasteiger partial charge in [0, 0.05) is 6.26 Å². The van der Waals surface area contributed by atoms with Crippen molar-refractivity contribution in [3.8, 4) is 0 Å². The van der Waals surface area contributed by atoms with E-state index in [1.807, 2.05) is 0 Å². The average Bonchev–Trinajstić information content (AvgIpc) is 2.54. The zero-order valence-corrected chi connectivity index (χ0v) is 14.1. The molecule has 2 N–H and O–H groups in total. The van der Waals surface area contributed by atoms with E-state index in [1.54, 1.807) is 6.92 Å². The molecule has 2 aromatic carbocycles. The Labute approximate surface area is 142 Å². The zero-order valence-electron chi connectivity index (χ0n) is 13.3. The third-order valence-corrected chi connectivity index (χ3v) is 4.57. The molecule has 0 spiro atoms. The van der Waals surface area contributed by atoms with E-state index in [0.29, 0.717) is 11.6 Å². The minimum atomic E-state index is -3.33. The van der Waals surface area contributed by atoms with Crippen molar-refractivity contribution in [1.29, 1.82) is 0 Å². The standard InChI is InChI=1S/C16H15F3N2O3S/c1-9(10-3-5-11(6-4-10)25(2,23)24)20-16(22)21-13-8-7-12(17)14(18)15(13)19/h3-9H,1-2H3,(H2,20,21,22). The molecule has 0 bridgehead atoms. The SMILES string of the molecule is CC(NC(=O)Nc1ccc(F)c(F)c1F)c1ccc(S(C)(=O)=O)cc1. The van der Waals surface area contributed by atoms with E-state index in [4.69, 9.17) is 0 Å². The number of hydrogen-bond donors (Lipinski definition) is 2. The molecule has 1 unspecified atom stereocenters. The molecular weight excluding hydrogens is 357 g/mol. The van der Waals surface area contributed by atoms with Crippen LogP contribution in [0.1, 0.15) is 18.5 Å². The van der Waals surface area contributed by atoms with Crippen molar-refractivity contribution in [2.24, 2.45) is 0 Å². The molecule has 0 saturated heterocycles. The van der Waals surface area contributed by atoms with Gasteiger partial charge in [-0.2, -0.15) is 0 Å². The van der Waals surface area contributed by atoms with Gasteiger partial charge in [-0.05, 0) is 36.8 Å². The Morgan fingerprint density at radius 3 is 2.16 bits per heavy atom. The van der Waals surface area contributed by atoms with E-state index in [-0.39, 0.29) is 4.90 Å². The lowest BCUT2D eigenvalue weighted by molar-refractivity contribution is 0.249. The van der Waals surface area contributed by atoms with Crippen LogP contribution in [-0.4, -0.2) is 20.7 Å². The summed E-state index contributed by atoms with van der Waals surface area (Å²) in [6.07, 6.45) is 1.08. The summed E-state index contributed by atoms with van der Waals surface area (Å²) in [5.41, 5.74) is 0.101. The van der Waals surface area contributed by atoms with Gasteiger partial charge in [0.05, 0.1) is 16.6 Å². The summed E-state index contributed by atoms with van der Waals surface area (Å²) in [6, 6.07) is 6.08. The number of halogens is 3. The number of anilines is 1. The van der Waals surface area contributed by atoms with E-state index >= 15 is 0 Å². The van der Waals surface area contributed by atoms with E-state index in [2.05, 4.69) is 10.6 Å². The molecule has 1 atom stereocenters. The smallest absolute Gasteiger partial charge is 0.319 e. The van der Waals surface area contributed by atoms with Crippen LogP contribution in [0.3, 0.4) is 0 Å². The molecule has 134 valence electrons. The van der Waals surface area contributed by atoms with E-state index in [9.17, 15) is 26.4 Å². The lowest BCUT2D eigenvalue weighted by Crippen LogP contribution is -2.31. The Morgan fingerprint density at radius 1 is 1.00 bits per heavy atom. The predicted octanol–water partition coefficient (Wildman–Crippen LogP) is 3.39. The predicted molar refractivity (Wildman–Crippen MR) is 86.4 cm³/mol. The van der Waals surface area contributed by atoms with Crippen molar-refractivity contribution in [2.75, 3.05) is 11.6 Å². The number of hydrogen-bond acceptors (Lipinski definition) is 3. The summed E-state index contributed by atoms with van der Waals surface area (Å²) >= 11 is 0. The molecule has 2 amide bonds. The molecule has 0 heterocycles. The average molecular weight is 372 g/mol. The van der Waals surface area contributed by atoms with Crippen molar-refractivity contribution in [3.63, 3.8) is 0 Å². The number of carbonyl (C=O) groups excluding carboxylic acids is 1. The van der Waals surface area contributed by atoms with Crippen molar-refractivity contribution >= 4 is 21.6 Å². The zero-order chi connectivity index (χ0) is 18.8. The highest BCUT2D eigenvalue weighted by Crippen LogP contribution is 2.20. The van der Waals surface area contributed by atoms with Crippen molar-refractivity contribution in [3.05, 3.63) is 59.4 Å². The molecule has 0 aliphatic rings. The van der Waals surface area contributed by atoms with Crippen molar-refractivity contribution in [2.45, 2.75) is 17.9 Å². The second-order valence-corrected chi connectivity index (χ2v) is 7.40. The molecule has 0 saturated carbocycles. The highest BCUT2D eigenvalue weighted by atomic mass is 32.2. The lowest BCUT2D eigenvalue weighted by Gasteiger charge is -2.16. The minimum absolute atomic E-state index is 0.136. The van der Waals surface area contributed by atoms with Gasteiger partial charge >= 0.3 is 6.03 Å². The molecule has 25 heavy (non-hydrogen) atoms. The molecule has 0 fully saturated rings. The van der Waals surface area contributed by atoms with Crippen molar-refractivity contribution < 1.29 is 26.4 Å². The second kappa shape index (κ2) is 7.14. The number of amides is 2. The van der Waals surface area contributed by atoms with Crippen molar-refractivity contribution in [1.82, 2.24) is 5.32 Å². The molecule has 0 aliphatic heterocycles. The van der Waals surface area contributed by atoms with Gasteiger partial charge in [-0.3, -0.25) is 0 Å². The summed E-state index contributed by atoms with van der Waals surface area (Å²) < 4.78 is 62.3. The van der Waals surface area contributed by atoms with Crippen LogP contribution in [0.5, 0.6) is 0 Å². The number of nitrogens with one attached hydrogen (secondary N) is 2. The number of sulfone groups is 1. The van der Waals surface area contributed by atoms with Gasteiger partial charge < -0.3 is 10.6 Å². The van der Waals surface area contributed by atoms with Gasteiger partial charge in [0.1, 0.15) is 0 Å². The van der Waals surface area contributed by atoms with Crippen LogP contribution in [0.15, 0.2) is 41.3 Å². The first-order chi connectivity index (χ1) is 11.6. The summed E-state index contributed by atoms with van der Waals surface area (Å²) in [4.78, 5) is 12.0. The summed E-state index contributed by atoms with van der Waals surface area (Å²) in [6.45, 7) is 1.62. The van der Waals surface area contributed by atoms with Crippen LogP contribution in [0, 0.1) is 17.5 Å². The van der Waals surface area contributed by atoms with Crippen LogP contribution in [0.4, 0.5) is 23.7 Å². The van der Waals surface area contributed by atoms with E-state index in [1.165, 1.54) is 24.3 Å². The highest BCUT2D eigenvalue weighted by Gasteiger charge is 2.17. The van der Waals surface area contributed by atoms with Crippen LogP contribution in [0.25, 0.3) is 0 Å². The Bertz CT molecular complexity index is 900. The van der Waals surface area contributed by atoms with Crippen LogP contribution >= 0.6 is 0 Å². The minimum Gasteiger partial charge on any atom is -0.331 e. The van der Waals surface area contributed by atoms with Crippen LogP contribution < -0.4 is 10.6 Å². The van der Waals surface area contributed by atoms with Gasteiger partial charge in [0.2, 0.25) is 0 Å². The monoisotopic (exact) mass is 372 g/mol. The van der Waals surface area contributed by atoms with E-state index in [0.717, 1.165) is 12.3 Å². The van der Waals surface area contributed by atoms with Gasteiger partial charge in [-0.15, -0.1) is 0 Å². The summed E-state index contributed by atoms with van der Waals surface area (Å²) in [5.74, 6) is -4.54. The first-order valence-electron chi connectivity index (χ1n) is 7.10. The second-order valence-electron chi connectivity index (χ2n) is 5.38. The number of benzene rings is 2. The molecule has 2 rings (SSSR count). The maximum Gasteiger partial charge on any atom is 0.319 e. The third-order valence-electron chi connectivity index (χ3n) is 3.44. The fourth-order valence-electron chi connectivity index (χ4n) is 2.06. The quantitative estimate of drug-likeness (QED) is 0.808. The fourth-order valence-corrected chi connectivity index (χ4v) is 2.69. The Hall–Kier alpha value is -2.55. The third kappa shape index (κ3) is 4.50. The van der Waals surface area contributed by atoms with Gasteiger partial charge in [-0.1, -0.05) is 12.1 Å². The summed E-state index contributed by atoms with van der Waals surface area (Å²) in [7, 11) is -3.33. The normalized spacial score (nSPS) is 12.5. The largest absolute Gasteiger partial charge is 0.331 e. The Balaban J connectivity index is 2.06. The van der Waals surface area contributed by atoms with Gasteiger partial charge in [0.25, 0.3) is 0 Å². The number of rotatable bonds is 4. The van der Waals surface area contributed by atoms with E-state index < -0.39 is 45.0 Å². The Morgan fingerprint density at radius 2 is 1.60 bits per heavy atom. The molecule has 0 aromatic heterocycles. The molecule has 5 nitrogen and oxygen atoms in total. The van der Waals surface area contributed by atoms with Crippen LogP contribution in [0.2, 0.25) is 0 Å². The molecular formula is C16H15F3N2O3S. The number of carbonyl (C=O) groups is 1. The topological polar surface area (TPSA) is 75.3 Å². The number of urea groups is 1. The highest BCUT2D eigenvalue weighted by molar-refractivity contribution is 7.90. The summed E-state index contributed by atoms with van der Waals surface area (Å²) in [5, 5.41) is 4.57. The van der Waals surface area contributed by atoms with Gasteiger partial charge in [-0.25, -0.2) is 26.4 Å². The maximum atomic E-state index is 13.5. The molecule has 2 aromatic rings. The maximum absolute atomic E-state index is 13.5. The fraction of sp³-hybridized carbons (Fsp3) is 0.188. The van der Waals surface area contributed by atoms with Crippen LogP contribution in [-0.2, 0) is 9.84 Å². The first kappa shape index (κ1) is 18.8. The Kier molecular flexibility index (Phi) is 5.36.